The van der Waals surface area contributed by atoms with Crippen LogP contribution >= 0.6 is 11.6 Å². The van der Waals surface area contributed by atoms with Crippen LogP contribution in [-0.2, 0) is 4.79 Å². The highest BCUT2D eigenvalue weighted by atomic mass is 35.5. The van der Waals surface area contributed by atoms with Gasteiger partial charge in [0.1, 0.15) is 0 Å². The van der Waals surface area contributed by atoms with Crippen molar-refractivity contribution in [2.24, 2.45) is 0 Å². The molecule has 2 heteroatoms. The van der Waals surface area contributed by atoms with E-state index in [0.717, 1.165) is 12.8 Å². The molecule has 0 aliphatic heterocycles. The first-order chi connectivity index (χ1) is 3.80. The summed E-state index contributed by atoms with van der Waals surface area (Å²) in [6.07, 6.45) is 5.17. The zero-order valence-electron chi connectivity index (χ0n) is 4.43. The first kappa shape index (κ1) is 5.83. The van der Waals surface area contributed by atoms with Gasteiger partial charge in [-0.25, -0.2) is 0 Å². The SMILES string of the molecule is O=C1C=CCC[C@@H]1Cl. The lowest BCUT2D eigenvalue weighted by molar-refractivity contribution is -0.114. The fraction of sp³-hybridized carbons (Fsp3) is 0.500. The Bertz CT molecular complexity index is 128. The Labute approximate surface area is 53.3 Å². The number of ketones is 1. The summed E-state index contributed by atoms with van der Waals surface area (Å²) in [5.41, 5.74) is 0. The van der Waals surface area contributed by atoms with Gasteiger partial charge in [0.05, 0.1) is 5.38 Å². The van der Waals surface area contributed by atoms with Gasteiger partial charge in [-0.05, 0) is 18.9 Å². The summed E-state index contributed by atoms with van der Waals surface area (Å²) in [6.45, 7) is 0. The van der Waals surface area contributed by atoms with Crippen LogP contribution in [0.5, 0.6) is 0 Å². The number of alkyl halides is 1. The van der Waals surface area contributed by atoms with E-state index in [4.69, 9.17) is 11.6 Å². The van der Waals surface area contributed by atoms with Gasteiger partial charge in [-0.3, -0.25) is 4.79 Å². The lowest BCUT2D eigenvalue weighted by Crippen LogP contribution is -2.13. The molecule has 44 valence electrons. The second-order valence-corrected chi connectivity index (χ2v) is 2.38. The molecule has 0 heterocycles. The highest BCUT2D eigenvalue weighted by Crippen LogP contribution is 2.12. The van der Waals surface area contributed by atoms with Crippen molar-refractivity contribution in [2.45, 2.75) is 18.2 Å². The first-order valence-corrected chi connectivity index (χ1v) is 3.09. The summed E-state index contributed by atoms with van der Waals surface area (Å²) in [4.78, 5) is 10.6. The molecule has 1 aliphatic rings. The number of carbonyl (C=O) groups is 1. The maximum absolute atomic E-state index is 10.6. The minimum atomic E-state index is -0.250. The van der Waals surface area contributed by atoms with E-state index in [0.29, 0.717) is 0 Å². The molecule has 0 aromatic rings. The topological polar surface area (TPSA) is 17.1 Å². The van der Waals surface area contributed by atoms with E-state index < -0.39 is 0 Å². The van der Waals surface area contributed by atoms with Gasteiger partial charge in [-0.15, -0.1) is 11.6 Å². The highest BCUT2D eigenvalue weighted by molar-refractivity contribution is 6.33. The van der Waals surface area contributed by atoms with E-state index in [9.17, 15) is 4.79 Å². The molecule has 0 aromatic carbocycles. The normalized spacial score (nSPS) is 28.6. The summed E-state index contributed by atoms with van der Waals surface area (Å²) in [5, 5.41) is -0.250. The van der Waals surface area contributed by atoms with Crippen molar-refractivity contribution >= 4 is 17.4 Å². The van der Waals surface area contributed by atoms with Crippen molar-refractivity contribution in [1.29, 1.82) is 0 Å². The van der Waals surface area contributed by atoms with Gasteiger partial charge < -0.3 is 0 Å². The number of hydrogen-bond acceptors (Lipinski definition) is 1. The van der Waals surface area contributed by atoms with Crippen molar-refractivity contribution < 1.29 is 4.79 Å². The molecule has 0 fully saturated rings. The molecule has 0 unspecified atom stereocenters. The van der Waals surface area contributed by atoms with Crippen molar-refractivity contribution in [3.8, 4) is 0 Å². The summed E-state index contributed by atoms with van der Waals surface area (Å²) >= 11 is 5.57. The van der Waals surface area contributed by atoms with E-state index >= 15 is 0 Å². The van der Waals surface area contributed by atoms with Crippen molar-refractivity contribution in [2.75, 3.05) is 0 Å². The van der Waals surface area contributed by atoms with Gasteiger partial charge in [0.25, 0.3) is 0 Å². The van der Waals surface area contributed by atoms with Crippen LogP contribution in [0, 0.1) is 0 Å². The van der Waals surface area contributed by atoms with E-state index in [1.807, 2.05) is 6.08 Å². The van der Waals surface area contributed by atoms with Crippen LogP contribution in [0.1, 0.15) is 12.8 Å². The Balaban J connectivity index is 2.60. The molecule has 0 bridgehead atoms. The van der Waals surface area contributed by atoms with E-state index in [2.05, 4.69) is 0 Å². The molecule has 0 amide bonds. The molecule has 1 nitrogen and oxygen atoms in total. The van der Waals surface area contributed by atoms with Gasteiger partial charge in [0.2, 0.25) is 0 Å². The zero-order valence-corrected chi connectivity index (χ0v) is 5.19. The summed E-state index contributed by atoms with van der Waals surface area (Å²) in [5.74, 6) is 0.0536. The van der Waals surface area contributed by atoms with Crippen LogP contribution in [0.4, 0.5) is 0 Å². The third-order valence-electron chi connectivity index (χ3n) is 1.18. The molecule has 1 rings (SSSR count). The molecular formula is C6H7ClO. The van der Waals surface area contributed by atoms with Crippen LogP contribution in [0.2, 0.25) is 0 Å². The fourth-order valence-electron chi connectivity index (χ4n) is 0.689. The Morgan fingerprint density at radius 2 is 2.50 bits per heavy atom. The predicted molar refractivity (Wildman–Crippen MR) is 33.0 cm³/mol. The lowest BCUT2D eigenvalue weighted by Gasteiger charge is -2.06. The average Bonchev–Trinajstić information content (AvgIpc) is 1.77. The summed E-state index contributed by atoms with van der Waals surface area (Å²) < 4.78 is 0. The second-order valence-electron chi connectivity index (χ2n) is 1.85. The average molecular weight is 131 g/mol. The van der Waals surface area contributed by atoms with Crippen LogP contribution < -0.4 is 0 Å². The van der Waals surface area contributed by atoms with Crippen LogP contribution in [0.25, 0.3) is 0 Å². The number of allylic oxidation sites excluding steroid dienone is 2. The van der Waals surface area contributed by atoms with Gasteiger partial charge in [0.15, 0.2) is 5.78 Å². The van der Waals surface area contributed by atoms with Crippen LogP contribution in [0.15, 0.2) is 12.2 Å². The van der Waals surface area contributed by atoms with Crippen molar-refractivity contribution in [3.05, 3.63) is 12.2 Å². The largest absolute Gasteiger partial charge is 0.293 e. The quantitative estimate of drug-likeness (QED) is 0.455. The lowest BCUT2D eigenvalue weighted by atomic mass is 10.1. The maximum Gasteiger partial charge on any atom is 0.173 e. The molecular weight excluding hydrogens is 124 g/mol. The molecule has 1 aliphatic carbocycles. The van der Waals surface area contributed by atoms with Gasteiger partial charge >= 0.3 is 0 Å². The molecule has 1 atom stereocenters. The Hall–Kier alpha value is -0.300. The minimum absolute atomic E-state index is 0.0536. The van der Waals surface area contributed by atoms with Crippen LogP contribution in [0.3, 0.4) is 0 Å². The zero-order chi connectivity index (χ0) is 5.98. The maximum atomic E-state index is 10.6. The number of carbonyl (C=O) groups excluding carboxylic acids is 1. The molecule has 0 saturated carbocycles. The fourth-order valence-corrected chi connectivity index (χ4v) is 0.887. The molecule has 0 aromatic heterocycles. The monoisotopic (exact) mass is 130 g/mol. The minimum Gasteiger partial charge on any atom is -0.293 e. The molecule has 0 spiro atoms. The van der Waals surface area contributed by atoms with E-state index in [1.165, 1.54) is 0 Å². The number of halogens is 1. The number of rotatable bonds is 0. The molecule has 0 N–H and O–H groups in total. The van der Waals surface area contributed by atoms with Crippen molar-refractivity contribution in [3.63, 3.8) is 0 Å². The highest BCUT2D eigenvalue weighted by Gasteiger charge is 2.13. The number of hydrogen-bond donors (Lipinski definition) is 0. The van der Waals surface area contributed by atoms with Crippen LogP contribution in [-0.4, -0.2) is 11.2 Å². The third kappa shape index (κ3) is 1.10. The van der Waals surface area contributed by atoms with Gasteiger partial charge in [0, 0.05) is 0 Å². The van der Waals surface area contributed by atoms with E-state index in [1.54, 1.807) is 6.08 Å². The Morgan fingerprint density at radius 1 is 1.75 bits per heavy atom. The van der Waals surface area contributed by atoms with E-state index in [-0.39, 0.29) is 11.2 Å². The standard InChI is InChI=1S/C6H7ClO/c7-5-3-1-2-4-6(5)8/h2,4-5H,1,3H2/t5-/m0/s1. The molecule has 0 radical (unpaired) electrons. The van der Waals surface area contributed by atoms with Crippen molar-refractivity contribution in [1.82, 2.24) is 0 Å². The van der Waals surface area contributed by atoms with Gasteiger partial charge in [-0.2, -0.15) is 0 Å². The smallest absolute Gasteiger partial charge is 0.173 e. The predicted octanol–water partition coefficient (Wildman–Crippen LogP) is 1.51. The summed E-state index contributed by atoms with van der Waals surface area (Å²) in [6, 6.07) is 0. The summed E-state index contributed by atoms with van der Waals surface area (Å²) in [7, 11) is 0. The molecule has 0 saturated heterocycles. The molecule has 8 heavy (non-hydrogen) atoms. The third-order valence-corrected chi connectivity index (χ3v) is 1.61. The first-order valence-electron chi connectivity index (χ1n) is 2.65. The Kier molecular flexibility index (Phi) is 1.69. The second kappa shape index (κ2) is 2.31. The Morgan fingerprint density at radius 3 is 2.88 bits per heavy atom. The van der Waals surface area contributed by atoms with Gasteiger partial charge in [-0.1, -0.05) is 6.08 Å².